The first-order valence-electron chi connectivity index (χ1n) is 14.0. The molecule has 2 amide bonds. The predicted molar refractivity (Wildman–Crippen MR) is 179 cm³/mol. The molecule has 44 heavy (non-hydrogen) atoms. The fraction of sp³-hybridized carbons (Fsp3) is 0.212. The zero-order chi connectivity index (χ0) is 31.7. The van der Waals surface area contributed by atoms with Crippen LogP contribution >= 0.6 is 39.1 Å². The monoisotopic (exact) mass is 715 g/mol. The summed E-state index contributed by atoms with van der Waals surface area (Å²) >= 11 is 15.9. The molecule has 0 saturated carbocycles. The summed E-state index contributed by atoms with van der Waals surface area (Å²) in [7, 11) is -4.23. The molecule has 0 heterocycles. The van der Waals surface area contributed by atoms with E-state index in [0.717, 1.165) is 19.9 Å². The molecule has 4 aromatic carbocycles. The van der Waals surface area contributed by atoms with Gasteiger partial charge in [-0.2, -0.15) is 0 Å². The molecule has 0 aliphatic carbocycles. The van der Waals surface area contributed by atoms with Crippen LogP contribution in [0.5, 0.6) is 0 Å². The minimum absolute atomic E-state index is 0.000984. The Morgan fingerprint density at radius 1 is 0.841 bits per heavy atom. The van der Waals surface area contributed by atoms with Crippen molar-refractivity contribution in [3.63, 3.8) is 0 Å². The molecule has 0 fully saturated rings. The van der Waals surface area contributed by atoms with E-state index in [-0.39, 0.29) is 39.5 Å². The summed E-state index contributed by atoms with van der Waals surface area (Å²) in [6, 6.07) is 28.1. The van der Waals surface area contributed by atoms with Gasteiger partial charge >= 0.3 is 0 Å². The lowest BCUT2D eigenvalue weighted by molar-refractivity contribution is -0.140. The van der Waals surface area contributed by atoms with Crippen LogP contribution in [0.2, 0.25) is 10.0 Å². The molecule has 230 valence electrons. The number of benzene rings is 4. The van der Waals surface area contributed by atoms with E-state index in [0.29, 0.717) is 13.0 Å². The van der Waals surface area contributed by atoms with Gasteiger partial charge in [-0.3, -0.25) is 13.9 Å². The maximum Gasteiger partial charge on any atom is 0.264 e. The highest BCUT2D eigenvalue weighted by Crippen LogP contribution is 2.31. The quantitative estimate of drug-likeness (QED) is 0.160. The van der Waals surface area contributed by atoms with Crippen LogP contribution in [0, 0.1) is 0 Å². The Balaban J connectivity index is 1.81. The van der Waals surface area contributed by atoms with E-state index in [2.05, 4.69) is 21.2 Å². The van der Waals surface area contributed by atoms with E-state index in [1.807, 2.05) is 61.5 Å². The van der Waals surface area contributed by atoms with Crippen LogP contribution in [0.4, 0.5) is 5.69 Å². The highest BCUT2D eigenvalue weighted by atomic mass is 79.9. The molecule has 0 saturated heterocycles. The zero-order valence-corrected chi connectivity index (χ0v) is 27.9. The van der Waals surface area contributed by atoms with Gasteiger partial charge in [-0.15, -0.1) is 0 Å². The molecule has 0 aliphatic heterocycles. The molecule has 4 rings (SSSR count). The molecule has 0 radical (unpaired) electrons. The van der Waals surface area contributed by atoms with Crippen LogP contribution in [0.3, 0.4) is 0 Å². The van der Waals surface area contributed by atoms with E-state index >= 15 is 0 Å². The van der Waals surface area contributed by atoms with E-state index in [1.165, 1.54) is 35.2 Å². The lowest BCUT2D eigenvalue weighted by Crippen LogP contribution is -2.53. The lowest BCUT2D eigenvalue weighted by atomic mass is 10.0. The van der Waals surface area contributed by atoms with Gasteiger partial charge in [0, 0.05) is 24.0 Å². The van der Waals surface area contributed by atoms with Gasteiger partial charge in [0.15, 0.2) is 0 Å². The number of nitrogens with one attached hydrogen (secondary N) is 1. The Bertz CT molecular complexity index is 1690. The van der Waals surface area contributed by atoms with Crippen molar-refractivity contribution in [2.45, 2.75) is 37.2 Å². The van der Waals surface area contributed by atoms with Crippen LogP contribution in [-0.2, 0) is 32.6 Å². The van der Waals surface area contributed by atoms with Crippen molar-refractivity contribution in [2.75, 3.05) is 17.4 Å². The molecular weight excluding hydrogens is 685 g/mol. The summed E-state index contributed by atoms with van der Waals surface area (Å²) in [5.41, 5.74) is 1.78. The van der Waals surface area contributed by atoms with Crippen molar-refractivity contribution in [3.8, 4) is 0 Å². The normalized spacial score (nSPS) is 11.9. The number of hydrogen-bond donors (Lipinski definition) is 1. The second-order valence-electron chi connectivity index (χ2n) is 10.1. The van der Waals surface area contributed by atoms with Gasteiger partial charge in [-0.1, -0.05) is 107 Å². The third-order valence-corrected chi connectivity index (χ3v) is 9.88. The number of rotatable bonds is 13. The van der Waals surface area contributed by atoms with Crippen LogP contribution in [0.1, 0.15) is 24.5 Å². The average Bonchev–Trinajstić information content (AvgIpc) is 3.02. The van der Waals surface area contributed by atoms with Gasteiger partial charge in [0.2, 0.25) is 11.8 Å². The summed E-state index contributed by atoms with van der Waals surface area (Å²) in [5, 5.41) is 3.31. The maximum atomic E-state index is 14.4. The molecule has 4 aromatic rings. The summed E-state index contributed by atoms with van der Waals surface area (Å²) in [6.45, 7) is 1.85. The van der Waals surface area contributed by atoms with Crippen molar-refractivity contribution in [3.05, 3.63) is 129 Å². The number of carbonyl (C=O) groups is 2. The number of sulfonamides is 1. The Labute approximate surface area is 277 Å². The molecule has 1 N–H and O–H groups in total. The number of amides is 2. The van der Waals surface area contributed by atoms with Crippen molar-refractivity contribution < 1.29 is 18.0 Å². The maximum absolute atomic E-state index is 14.4. The van der Waals surface area contributed by atoms with E-state index in [9.17, 15) is 18.0 Å². The Morgan fingerprint density at radius 3 is 2.14 bits per heavy atom. The molecule has 0 aromatic heterocycles. The number of anilines is 1. The third kappa shape index (κ3) is 8.63. The van der Waals surface area contributed by atoms with Crippen LogP contribution in [-0.4, -0.2) is 44.3 Å². The highest BCUT2D eigenvalue weighted by Gasteiger charge is 2.34. The Morgan fingerprint density at radius 2 is 1.50 bits per heavy atom. The highest BCUT2D eigenvalue weighted by molar-refractivity contribution is 9.10. The van der Waals surface area contributed by atoms with E-state index in [4.69, 9.17) is 23.2 Å². The molecule has 0 aliphatic rings. The molecule has 7 nitrogen and oxygen atoms in total. The minimum Gasteiger partial charge on any atom is -0.354 e. The topological polar surface area (TPSA) is 86.8 Å². The van der Waals surface area contributed by atoms with Gasteiger partial charge in [-0.25, -0.2) is 8.42 Å². The van der Waals surface area contributed by atoms with Crippen molar-refractivity contribution in [1.82, 2.24) is 10.2 Å². The molecule has 11 heteroatoms. The van der Waals surface area contributed by atoms with Crippen molar-refractivity contribution in [1.29, 1.82) is 0 Å². The average molecular weight is 718 g/mol. The van der Waals surface area contributed by atoms with Crippen LogP contribution < -0.4 is 9.62 Å². The smallest absolute Gasteiger partial charge is 0.264 e. The fourth-order valence-electron chi connectivity index (χ4n) is 4.64. The van der Waals surface area contributed by atoms with Crippen molar-refractivity contribution >= 4 is 66.7 Å². The number of carbonyl (C=O) groups excluding carboxylic acids is 2. The second-order valence-corrected chi connectivity index (χ2v) is 13.7. The largest absolute Gasteiger partial charge is 0.354 e. The standard InChI is InChI=1S/C33H32BrCl2N3O4S/c1-2-18-37-33(41)31(20-24-10-5-3-6-11-24)38(22-25-12-9-13-26(34)19-25)32(40)23-39(27-16-17-29(35)30(36)21-27)44(42,43)28-14-7-4-8-15-28/h3-17,19,21,31H,2,18,20,22-23H2,1H3,(H,37,41)/t31-/m1/s1. The summed E-state index contributed by atoms with van der Waals surface area (Å²) < 4.78 is 29.9. The fourth-order valence-corrected chi connectivity index (χ4v) is 6.81. The van der Waals surface area contributed by atoms with Crippen molar-refractivity contribution in [2.24, 2.45) is 0 Å². The first-order valence-corrected chi connectivity index (χ1v) is 17.0. The van der Waals surface area contributed by atoms with Gasteiger partial charge in [0.05, 0.1) is 20.6 Å². The number of halogens is 3. The number of nitrogens with zero attached hydrogens (tertiary/aromatic N) is 2. The van der Waals surface area contributed by atoms with Gasteiger partial charge in [-0.05, 0) is 60.0 Å². The SMILES string of the molecule is CCCNC(=O)[C@@H](Cc1ccccc1)N(Cc1cccc(Br)c1)C(=O)CN(c1ccc(Cl)c(Cl)c1)S(=O)(=O)c1ccccc1. The second kappa shape index (κ2) is 15.6. The molecule has 1 atom stereocenters. The Hall–Kier alpha value is -3.37. The molecular formula is C33H32BrCl2N3O4S. The first-order chi connectivity index (χ1) is 21.1. The first kappa shape index (κ1) is 33.5. The zero-order valence-electron chi connectivity index (χ0n) is 24.0. The lowest BCUT2D eigenvalue weighted by Gasteiger charge is -2.34. The van der Waals surface area contributed by atoms with E-state index < -0.39 is 28.5 Å². The molecule has 0 bridgehead atoms. The van der Waals surface area contributed by atoms with Crippen LogP contribution in [0.25, 0.3) is 0 Å². The summed E-state index contributed by atoms with van der Waals surface area (Å²) in [4.78, 5) is 29.6. The van der Waals surface area contributed by atoms with Crippen LogP contribution in [0.15, 0.2) is 112 Å². The summed E-state index contributed by atoms with van der Waals surface area (Å²) in [5.74, 6) is -0.894. The molecule has 0 spiro atoms. The summed E-state index contributed by atoms with van der Waals surface area (Å²) in [6.07, 6.45) is 0.943. The number of hydrogen-bond acceptors (Lipinski definition) is 4. The molecule has 0 unspecified atom stereocenters. The predicted octanol–water partition coefficient (Wildman–Crippen LogP) is 7.12. The van der Waals surface area contributed by atoms with E-state index in [1.54, 1.807) is 18.2 Å². The van der Waals surface area contributed by atoms with Gasteiger partial charge in [0.25, 0.3) is 10.0 Å². The third-order valence-electron chi connectivity index (χ3n) is 6.86. The van der Waals surface area contributed by atoms with Gasteiger partial charge in [0.1, 0.15) is 12.6 Å². The minimum atomic E-state index is -4.23. The Kier molecular flexibility index (Phi) is 11.9. The van der Waals surface area contributed by atoms with Gasteiger partial charge < -0.3 is 10.2 Å².